The Balaban J connectivity index is 0.00000162. The van der Waals surface area contributed by atoms with Crippen molar-refractivity contribution in [3.8, 4) is 11.3 Å². The summed E-state index contributed by atoms with van der Waals surface area (Å²) in [6, 6.07) is 4.86. The zero-order valence-electron chi connectivity index (χ0n) is 9.83. The average Bonchev–Trinajstić information content (AvgIpc) is 2.33. The molecule has 0 unspecified atom stereocenters. The number of nitrogens with two attached hydrogens (primary N) is 1. The normalized spacial score (nSPS) is 9.61. The summed E-state index contributed by atoms with van der Waals surface area (Å²) in [7, 11) is 1.47. The van der Waals surface area contributed by atoms with Gasteiger partial charge >= 0.3 is 0 Å². The summed E-state index contributed by atoms with van der Waals surface area (Å²) in [5.41, 5.74) is 5.82. The lowest BCUT2D eigenvalue weighted by atomic mass is 10.1. The maximum absolute atomic E-state index is 11.6. The van der Waals surface area contributed by atoms with Crippen LogP contribution in [-0.4, -0.2) is 20.7 Å². The van der Waals surface area contributed by atoms with Crippen LogP contribution >= 0.6 is 0 Å². The summed E-state index contributed by atoms with van der Waals surface area (Å²) in [5.74, 6) is -0.761. The van der Waals surface area contributed by atoms with Crippen LogP contribution in [0, 0.1) is 0 Å². The van der Waals surface area contributed by atoms with Crippen molar-refractivity contribution in [2.45, 2.75) is 0 Å². The van der Waals surface area contributed by atoms with Crippen molar-refractivity contribution in [1.29, 1.82) is 0 Å². The first-order valence-corrected chi connectivity index (χ1v) is 4.88. The zero-order chi connectivity index (χ0) is 12.4. The lowest BCUT2D eigenvalue weighted by Gasteiger charge is -2.04. The Kier molecular flexibility index (Phi) is 3.90. The quantitative estimate of drug-likeness (QED) is 0.778. The third-order valence-corrected chi connectivity index (χ3v) is 2.30. The van der Waals surface area contributed by atoms with Crippen molar-refractivity contribution in [2.75, 3.05) is 0 Å². The van der Waals surface area contributed by atoms with E-state index >= 15 is 0 Å². The van der Waals surface area contributed by atoms with Crippen LogP contribution in [0.1, 0.15) is 10.4 Å². The van der Waals surface area contributed by atoms with E-state index in [1.165, 1.54) is 13.1 Å². The molecule has 18 heavy (non-hydrogen) atoms. The fourth-order valence-corrected chi connectivity index (χ4v) is 1.45. The van der Waals surface area contributed by atoms with Crippen molar-refractivity contribution in [2.24, 2.45) is 12.8 Å². The number of carbonyl (C=O) groups excluding carboxylic acids is 1. The summed E-state index contributed by atoms with van der Waals surface area (Å²) in [6.45, 7) is 0. The maximum Gasteiger partial charge on any atom is 0.279 e. The molecule has 0 aliphatic heterocycles. The van der Waals surface area contributed by atoms with Crippen molar-refractivity contribution >= 4 is 5.91 Å². The van der Waals surface area contributed by atoms with Crippen LogP contribution in [0.3, 0.4) is 0 Å². The number of rotatable bonds is 2. The summed E-state index contributed by atoms with van der Waals surface area (Å²) < 4.78 is 1.09. The van der Waals surface area contributed by atoms with E-state index in [0.29, 0.717) is 5.69 Å². The first-order valence-electron chi connectivity index (χ1n) is 4.88. The summed E-state index contributed by atoms with van der Waals surface area (Å²) >= 11 is 0. The molecule has 0 aliphatic rings. The molecule has 2 aromatic heterocycles. The van der Waals surface area contributed by atoms with Crippen LogP contribution in [0.4, 0.5) is 0 Å². The van der Waals surface area contributed by atoms with Crippen LogP contribution in [0.25, 0.3) is 11.3 Å². The number of aryl methyl sites for hydroxylation is 1. The number of hydrogen-bond acceptors (Lipinski definition) is 5. The lowest BCUT2D eigenvalue weighted by Crippen LogP contribution is -2.29. The summed E-state index contributed by atoms with van der Waals surface area (Å²) in [6.07, 6.45) is 3.21. The second-order valence-corrected chi connectivity index (χ2v) is 3.47. The van der Waals surface area contributed by atoms with Crippen molar-refractivity contribution in [3.63, 3.8) is 0 Å². The fraction of sp³-hybridized carbons (Fsp3) is 0.0909. The van der Waals surface area contributed by atoms with Gasteiger partial charge < -0.3 is 11.9 Å². The van der Waals surface area contributed by atoms with E-state index in [4.69, 9.17) is 5.73 Å². The van der Waals surface area contributed by atoms with Gasteiger partial charge in [0, 0.05) is 25.0 Å². The van der Waals surface area contributed by atoms with Gasteiger partial charge in [0.1, 0.15) is 5.56 Å². The Bertz CT molecular complexity index is 621. The standard InChI is InChI=1S/C11H10N4O2.H3N/c1-15-11(17)8(10(12)16)6-9(14-15)7-2-4-13-5-3-7;/h2-6H,1H3,(H2,12,16);1H3. The van der Waals surface area contributed by atoms with E-state index in [-0.39, 0.29) is 11.7 Å². The molecule has 7 heteroatoms. The molecule has 1 amide bonds. The number of primary amides is 1. The monoisotopic (exact) mass is 247 g/mol. The third kappa shape index (κ3) is 2.41. The van der Waals surface area contributed by atoms with Gasteiger partial charge in [-0.25, -0.2) is 4.68 Å². The van der Waals surface area contributed by atoms with Crippen LogP contribution < -0.4 is 17.4 Å². The first-order chi connectivity index (χ1) is 8.09. The average molecular weight is 247 g/mol. The molecule has 2 aromatic rings. The number of carbonyl (C=O) groups is 1. The molecule has 2 heterocycles. The Morgan fingerprint density at radius 1 is 1.33 bits per heavy atom. The lowest BCUT2D eigenvalue weighted by molar-refractivity contribution is 0.0998. The predicted molar refractivity (Wildman–Crippen MR) is 66.2 cm³/mol. The molecular weight excluding hydrogens is 234 g/mol. The Labute approximate surface area is 103 Å². The highest BCUT2D eigenvalue weighted by molar-refractivity contribution is 5.93. The van der Waals surface area contributed by atoms with Gasteiger partial charge in [0.05, 0.1) is 5.69 Å². The molecule has 5 N–H and O–H groups in total. The minimum absolute atomic E-state index is 0. The third-order valence-electron chi connectivity index (χ3n) is 2.30. The van der Waals surface area contributed by atoms with Crippen molar-refractivity contribution in [3.05, 3.63) is 46.5 Å². The summed E-state index contributed by atoms with van der Waals surface area (Å²) in [4.78, 5) is 26.6. The van der Waals surface area contributed by atoms with E-state index in [9.17, 15) is 9.59 Å². The Hall–Kier alpha value is -2.54. The van der Waals surface area contributed by atoms with Crippen molar-refractivity contribution in [1.82, 2.24) is 20.9 Å². The molecule has 2 rings (SSSR count). The Morgan fingerprint density at radius 2 is 1.94 bits per heavy atom. The summed E-state index contributed by atoms with van der Waals surface area (Å²) in [5, 5.41) is 4.05. The molecule has 0 radical (unpaired) electrons. The maximum atomic E-state index is 11.6. The SMILES string of the molecule is Cn1nc(-c2ccncc2)cc(C(N)=O)c1=O.N. The van der Waals surface area contributed by atoms with Crippen LogP contribution in [0.5, 0.6) is 0 Å². The molecule has 0 bridgehead atoms. The molecule has 0 saturated carbocycles. The van der Waals surface area contributed by atoms with Crippen LogP contribution in [0.2, 0.25) is 0 Å². The second kappa shape index (κ2) is 5.19. The van der Waals surface area contributed by atoms with E-state index in [1.807, 2.05) is 0 Å². The molecule has 0 aromatic carbocycles. The minimum Gasteiger partial charge on any atom is -0.365 e. The second-order valence-electron chi connectivity index (χ2n) is 3.47. The van der Waals surface area contributed by atoms with E-state index in [1.54, 1.807) is 24.5 Å². The Morgan fingerprint density at radius 3 is 2.50 bits per heavy atom. The number of aromatic nitrogens is 3. The van der Waals surface area contributed by atoms with Crippen LogP contribution in [-0.2, 0) is 7.05 Å². The number of pyridine rings is 1. The fourth-order valence-electron chi connectivity index (χ4n) is 1.45. The highest BCUT2D eigenvalue weighted by Crippen LogP contribution is 2.14. The molecular formula is C11H13N5O2. The predicted octanol–water partition coefficient (Wildman–Crippen LogP) is 0.103. The number of nitrogens with zero attached hydrogens (tertiary/aromatic N) is 3. The smallest absolute Gasteiger partial charge is 0.279 e. The van der Waals surface area contributed by atoms with E-state index < -0.39 is 11.5 Å². The largest absolute Gasteiger partial charge is 0.365 e. The highest BCUT2D eigenvalue weighted by Gasteiger charge is 2.11. The highest BCUT2D eigenvalue weighted by atomic mass is 16.2. The molecule has 0 atom stereocenters. The van der Waals surface area contributed by atoms with Gasteiger partial charge in [-0.05, 0) is 18.2 Å². The van der Waals surface area contributed by atoms with Gasteiger partial charge in [-0.1, -0.05) is 0 Å². The molecule has 0 fully saturated rings. The van der Waals surface area contributed by atoms with Gasteiger partial charge in [0.15, 0.2) is 0 Å². The molecule has 0 saturated heterocycles. The minimum atomic E-state index is -0.761. The van der Waals surface area contributed by atoms with E-state index in [2.05, 4.69) is 10.1 Å². The van der Waals surface area contributed by atoms with Crippen LogP contribution in [0.15, 0.2) is 35.4 Å². The molecule has 0 aliphatic carbocycles. The number of amides is 1. The van der Waals surface area contributed by atoms with Gasteiger partial charge in [-0.2, -0.15) is 5.10 Å². The molecule has 94 valence electrons. The van der Waals surface area contributed by atoms with Crippen molar-refractivity contribution < 1.29 is 4.79 Å². The van der Waals surface area contributed by atoms with Gasteiger partial charge in [-0.3, -0.25) is 14.6 Å². The van der Waals surface area contributed by atoms with Gasteiger partial charge in [0.25, 0.3) is 11.5 Å². The molecule has 0 spiro atoms. The van der Waals surface area contributed by atoms with Gasteiger partial charge in [0.2, 0.25) is 0 Å². The topological polar surface area (TPSA) is 126 Å². The zero-order valence-corrected chi connectivity index (χ0v) is 9.83. The molecule has 7 nitrogen and oxygen atoms in total. The number of hydrogen-bond donors (Lipinski definition) is 2. The van der Waals surface area contributed by atoms with E-state index in [0.717, 1.165) is 10.2 Å². The first kappa shape index (κ1) is 13.5. The van der Waals surface area contributed by atoms with Gasteiger partial charge in [-0.15, -0.1) is 0 Å².